The lowest BCUT2D eigenvalue weighted by molar-refractivity contribution is 0.385. The molecule has 0 aromatic heterocycles. The van der Waals surface area contributed by atoms with Crippen molar-refractivity contribution >= 4 is 11.6 Å². The predicted octanol–water partition coefficient (Wildman–Crippen LogP) is 3.73. The fourth-order valence-corrected chi connectivity index (χ4v) is 2.03. The first kappa shape index (κ1) is 13.8. The highest BCUT2D eigenvalue weighted by Gasteiger charge is 2.10. The van der Waals surface area contributed by atoms with Crippen molar-refractivity contribution in [3.05, 3.63) is 64.4 Å². The van der Waals surface area contributed by atoms with Crippen LogP contribution in [0.15, 0.2) is 42.5 Å². The lowest BCUT2D eigenvalue weighted by Crippen LogP contribution is -2.13. The summed E-state index contributed by atoms with van der Waals surface area (Å²) in [5.41, 5.74) is 8.05. The molecule has 0 aliphatic carbocycles. The van der Waals surface area contributed by atoms with Gasteiger partial charge in [-0.1, -0.05) is 29.8 Å². The van der Waals surface area contributed by atoms with Gasteiger partial charge in [-0.2, -0.15) is 0 Å². The number of methoxy groups -OCH3 is 1. The van der Waals surface area contributed by atoms with Gasteiger partial charge in [-0.15, -0.1) is 0 Å². The van der Waals surface area contributed by atoms with Crippen molar-refractivity contribution in [2.45, 2.75) is 12.5 Å². The summed E-state index contributed by atoms with van der Waals surface area (Å²) in [7, 11) is 1.44. The number of nitrogens with two attached hydrogens (primary N) is 1. The molecule has 0 amide bonds. The van der Waals surface area contributed by atoms with Crippen molar-refractivity contribution in [1.29, 1.82) is 0 Å². The van der Waals surface area contributed by atoms with Crippen LogP contribution in [0.4, 0.5) is 4.39 Å². The zero-order valence-electron chi connectivity index (χ0n) is 10.6. The molecule has 2 nitrogen and oxygen atoms in total. The lowest BCUT2D eigenvalue weighted by atomic mass is 9.99. The van der Waals surface area contributed by atoms with Crippen molar-refractivity contribution in [3.63, 3.8) is 0 Å². The van der Waals surface area contributed by atoms with Crippen LogP contribution in [0.25, 0.3) is 0 Å². The molecule has 100 valence electrons. The highest BCUT2D eigenvalue weighted by atomic mass is 35.5. The predicted molar refractivity (Wildman–Crippen MR) is 75.0 cm³/mol. The Hall–Kier alpha value is -1.58. The van der Waals surface area contributed by atoms with E-state index in [4.69, 9.17) is 22.1 Å². The molecular formula is C15H15ClFNO. The molecule has 0 bridgehead atoms. The molecule has 0 saturated carbocycles. The van der Waals surface area contributed by atoms with Gasteiger partial charge in [0, 0.05) is 11.1 Å². The number of benzene rings is 2. The minimum absolute atomic E-state index is 0.212. The minimum atomic E-state index is -0.384. The second-order valence-electron chi connectivity index (χ2n) is 4.33. The van der Waals surface area contributed by atoms with Gasteiger partial charge < -0.3 is 10.5 Å². The topological polar surface area (TPSA) is 35.2 Å². The van der Waals surface area contributed by atoms with E-state index in [2.05, 4.69) is 0 Å². The van der Waals surface area contributed by atoms with Gasteiger partial charge in [0.25, 0.3) is 0 Å². The van der Waals surface area contributed by atoms with Gasteiger partial charge in [0.2, 0.25) is 0 Å². The fourth-order valence-electron chi connectivity index (χ4n) is 1.90. The van der Waals surface area contributed by atoms with Crippen molar-refractivity contribution in [2.24, 2.45) is 5.73 Å². The summed E-state index contributed by atoms with van der Waals surface area (Å²) in [6.07, 6.45) is 0.659. The smallest absolute Gasteiger partial charge is 0.165 e. The van der Waals surface area contributed by atoms with Gasteiger partial charge >= 0.3 is 0 Å². The summed E-state index contributed by atoms with van der Waals surface area (Å²) in [6.45, 7) is 0. The van der Waals surface area contributed by atoms with E-state index < -0.39 is 0 Å². The van der Waals surface area contributed by atoms with E-state index in [1.54, 1.807) is 12.1 Å². The number of hydrogen-bond acceptors (Lipinski definition) is 2. The lowest BCUT2D eigenvalue weighted by Gasteiger charge is -2.13. The molecule has 2 aromatic rings. The summed E-state index contributed by atoms with van der Waals surface area (Å²) in [5.74, 6) is -0.172. The van der Waals surface area contributed by atoms with Crippen LogP contribution in [0.5, 0.6) is 5.75 Å². The molecule has 0 spiro atoms. The first-order valence-electron chi connectivity index (χ1n) is 5.93. The van der Waals surface area contributed by atoms with Crippen LogP contribution >= 0.6 is 11.6 Å². The van der Waals surface area contributed by atoms with Crippen LogP contribution in [0.1, 0.15) is 17.2 Å². The van der Waals surface area contributed by atoms with Crippen molar-refractivity contribution in [3.8, 4) is 5.75 Å². The Morgan fingerprint density at radius 2 is 1.89 bits per heavy atom. The average molecular weight is 280 g/mol. The van der Waals surface area contributed by atoms with Gasteiger partial charge in [-0.3, -0.25) is 0 Å². The molecule has 1 unspecified atom stereocenters. The standard InChI is InChI=1S/C15H15ClFNO/c1-19-15-9-11(4-7-13(15)17)14(18)8-10-2-5-12(16)6-3-10/h2-7,9,14H,8,18H2,1H3. The van der Waals surface area contributed by atoms with Gasteiger partial charge in [0.15, 0.2) is 11.6 Å². The molecule has 4 heteroatoms. The van der Waals surface area contributed by atoms with E-state index in [1.165, 1.54) is 13.2 Å². The highest BCUT2D eigenvalue weighted by molar-refractivity contribution is 6.30. The average Bonchev–Trinajstić information content (AvgIpc) is 2.42. The molecule has 0 aliphatic rings. The Morgan fingerprint density at radius 3 is 2.53 bits per heavy atom. The monoisotopic (exact) mass is 279 g/mol. The Labute approximate surface area is 117 Å². The van der Waals surface area contributed by atoms with E-state index in [9.17, 15) is 4.39 Å². The molecule has 2 aromatic carbocycles. The maximum Gasteiger partial charge on any atom is 0.165 e. The zero-order chi connectivity index (χ0) is 13.8. The quantitative estimate of drug-likeness (QED) is 0.925. The van der Waals surface area contributed by atoms with Crippen molar-refractivity contribution in [2.75, 3.05) is 7.11 Å². The van der Waals surface area contributed by atoms with E-state index in [1.807, 2.05) is 24.3 Å². The molecule has 0 fully saturated rings. The van der Waals surface area contributed by atoms with E-state index >= 15 is 0 Å². The third-order valence-electron chi connectivity index (χ3n) is 2.97. The Bertz CT molecular complexity index is 557. The van der Waals surface area contributed by atoms with Crippen molar-refractivity contribution in [1.82, 2.24) is 0 Å². The summed E-state index contributed by atoms with van der Waals surface area (Å²) < 4.78 is 18.3. The number of ether oxygens (including phenoxy) is 1. The maximum atomic E-state index is 13.3. The molecular weight excluding hydrogens is 265 g/mol. The molecule has 2 N–H and O–H groups in total. The third-order valence-corrected chi connectivity index (χ3v) is 3.22. The first-order chi connectivity index (χ1) is 9.10. The Kier molecular flexibility index (Phi) is 4.40. The van der Waals surface area contributed by atoms with Crippen LogP contribution in [0.2, 0.25) is 5.02 Å². The normalized spacial score (nSPS) is 12.2. The van der Waals surface area contributed by atoms with E-state index in [0.717, 1.165) is 11.1 Å². The highest BCUT2D eigenvalue weighted by Crippen LogP contribution is 2.24. The van der Waals surface area contributed by atoms with E-state index in [-0.39, 0.29) is 17.6 Å². The molecule has 0 radical (unpaired) electrons. The van der Waals surface area contributed by atoms with Crippen molar-refractivity contribution < 1.29 is 9.13 Å². The summed E-state index contributed by atoms with van der Waals surface area (Å²) in [4.78, 5) is 0. The number of rotatable bonds is 4. The largest absolute Gasteiger partial charge is 0.494 e. The fraction of sp³-hybridized carbons (Fsp3) is 0.200. The van der Waals surface area contributed by atoms with Crippen LogP contribution < -0.4 is 10.5 Å². The van der Waals surface area contributed by atoms with Gasteiger partial charge in [0.05, 0.1) is 7.11 Å². The Balaban J connectivity index is 2.15. The van der Waals surface area contributed by atoms with E-state index in [0.29, 0.717) is 11.4 Å². The molecule has 19 heavy (non-hydrogen) atoms. The molecule has 2 rings (SSSR count). The van der Waals surface area contributed by atoms with Crippen LogP contribution in [0.3, 0.4) is 0 Å². The van der Waals surface area contributed by atoms with Crippen LogP contribution in [-0.4, -0.2) is 7.11 Å². The maximum absolute atomic E-state index is 13.3. The van der Waals surface area contributed by atoms with Gasteiger partial charge in [-0.25, -0.2) is 4.39 Å². The second kappa shape index (κ2) is 6.04. The number of halogens is 2. The van der Waals surface area contributed by atoms with Crippen LogP contribution in [-0.2, 0) is 6.42 Å². The molecule has 1 atom stereocenters. The number of hydrogen-bond donors (Lipinski definition) is 1. The second-order valence-corrected chi connectivity index (χ2v) is 4.77. The summed E-state index contributed by atoms with van der Waals surface area (Å²) in [6, 6.07) is 12.0. The summed E-state index contributed by atoms with van der Waals surface area (Å²) >= 11 is 5.83. The van der Waals surface area contributed by atoms with Gasteiger partial charge in [-0.05, 0) is 41.8 Å². The Morgan fingerprint density at radius 1 is 1.21 bits per heavy atom. The van der Waals surface area contributed by atoms with Crippen LogP contribution in [0, 0.1) is 5.82 Å². The molecule has 0 saturated heterocycles. The first-order valence-corrected chi connectivity index (χ1v) is 6.31. The summed E-state index contributed by atoms with van der Waals surface area (Å²) in [5, 5.41) is 0.695. The SMILES string of the molecule is COc1cc(C(N)Cc2ccc(Cl)cc2)ccc1F. The minimum Gasteiger partial charge on any atom is -0.494 e. The zero-order valence-corrected chi connectivity index (χ0v) is 11.3. The third kappa shape index (κ3) is 3.46. The van der Waals surface area contributed by atoms with Gasteiger partial charge in [0.1, 0.15) is 0 Å². The molecule has 0 heterocycles. The molecule has 0 aliphatic heterocycles.